The molecule has 1 heterocycles. The Hall–Kier alpha value is -3.75. The molecule has 2 N–H and O–H groups in total. The number of hydrogen-bond donors (Lipinski definition) is 2. The van der Waals surface area contributed by atoms with E-state index in [2.05, 4.69) is 10.4 Å². The Morgan fingerprint density at radius 2 is 1.97 bits per heavy atom. The number of fused-ring (bicyclic) bond motifs is 1. The molecule has 0 aliphatic carbocycles. The van der Waals surface area contributed by atoms with Crippen molar-refractivity contribution in [1.82, 2.24) is 15.1 Å². The van der Waals surface area contributed by atoms with Gasteiger partial charge in [0.25, 0.3) is 0 Å². The van der Waals surface area contributed by atoms with Crippen molar-refractivity contribution >= 4 is 28.3 Å². The summed E-state index contributed by atoms with van der Waals surface area (Å²) >= 11 is 0. The average Bonchev–Trinajstić information content (AvgIpc) is 3.18. The molecule has 1 amide bonds. The predicted molar refractivity (Wildman–Crippen MR) is 105 cm³/mol. The van der Waals surface area contributed by atoms with Crippen LogP contribution in [0, 0.1) is 16.0 Å². The number of hydrogen-bond acceptors (Lipinski definition) is 5. The minimum atomic E-state index is -0.985. The summed E-state index contributed by atoms with van der Waals surface area (Å²) in [6.45, 7) is 0.169. The van der Waals surface area contributed by atoms with Crippen LogP contribution in [0.1, 0.15) is 12.0 Å². The molecule has 3 aromatic rings. The molecule has 0 bridgehead atoms. The first kappa shape index (κ1) is 20.0. The van der Waals surface area contributed by atoms with E-state index in [9.17, 15) is 24.8 Å². The number of nitrogens with zero attached hydrogens (tertiary/aromatic N) is 3. The third kappa shape index (κ3) is 5.38. The molecule has 2 aromatic carbocycles. The average molecular weight is 396 g/mol. The minimum Gasteiger partial charge on any atom is -0.481 e. The van der Waals surface area contributed by atoms with Crippen molar-refractivity contribution in [2.24, 2.45) is 5.92 Å². The summed E-state index contributed by atoms with van der Waals surface area (Å²) < 4.78 is 1.31. The highest BCUT2D eigenvalue weighted by molar-refractivity contribution is 5.83. The minimum absolute atomic E-state index is 0.000246. The summed E-state index contributed by atoms with van der Waals surface area (Å²) in [6, 6.07) is 13.6. The van der Waals surface area contributed by atoms with Crippen molar-refractivity contribution < 1.29 is 19.6 Å². The fourth-order valence-electron chi connectivity index (χ4n) is 3.01. The van der Waals surface area contributed by atoms with Gasteiger partial charge in [-0.15, -0.1) is 0 Å². The molecule has 150 valence electrons. The summed E-state index contributed by atoms with van der Waals surface area (Å²) in [6.07, 6.45) is 2.70. The van der Waals surface area contributed by atoms with Crippen LogP contribution in [-0.4, -0.2) is 38.2 Å². The number of aliphatic carboxylic acids is 1. The van der Waals surface area contributed by atoms with Crippen molar-refractivity contribution in [3.8, 4) is 0 Å². The van der Waals surface area contributed by atoms with Gasteiger partial charge in [-0.3, -0.25) is 24.4 Å². The maximum Gasteiger partial charge on any atom is 0.308 e. The van der Waals surface area contributed by atoms with Crippen LogP contribution in [0.5, 0.6) is 0 Å². The van der Waals surface area contributed by atoms with E-state index in [1.54, 1.807) is 0 Å². The molecule has 0 radical (unpaired) electrons. The highest BCUT2D eigenvalue weighted by atomic mass is 16.6. The van der Waals surface area contributed by atoms with E-state index >= 15 is 0 Å². The third-order valence-electron chi connectivity index (χ3n) is 4.59. The first-order chi connectivity index (χ1) is 13.9. The van der Waals surface area contributed by atoms with Crippen molar-refractivity contribution in [2.75, 3.05) is 6.54 Å². The maximum atomic E-state index is 12.0. The molecule has 0 aliphatic heterocycles. The number of nitro groups is 1. The Morgan fingerprint density at radius 1 is 1.21 bits per heavy atom. The van der Waals surface area contributed by atoms with Crippen LogP contribution in [0.15, 0.2) is 54.9 Å². The molecule has 0 aliphatic rings. The lowest BCUT2D eigenvalue weighted by Crippen LogP contribution is -2.34. The second-order valence-corrected chi connectivity index (χ2v) is 6.69. The highest BCUT2D eigenvalue weighted by Crippen LogP contribution is 2.18. The predicted octanol–water partition coefficient (Wildman–Crippen LogP) is 2.39. The Labute approximate surface area is 166 Å². The zero-order valence-corrected chi connectivity index (χ0v) is 15.5. The van der Waals surface area contributed by atoms with Gasteiger partial charge < -0.3 is 10.4 Å². The zero-order chi connectivity index (χ0) is 20.8. The molecule has 3 rings (SSSR count). The smallest absolute Gasteiger partial charge is 0.308 e. The molecule has 9 heteroatoms. The SMILES string of the molecule is O=C(CCn1cc([N+](=O)[O-])cn1)NCC(Cc1ccc2ccccc2c1)C(=O)O. The van der Waals surface area contributed by atoms with Crippen LogP contribution < -0.4 is 5.32 Å². The van der Waals surface area contributed by atoms with Crippen LogP contribution in [0.25, 0.3) is 10.8 Å². The number of rotatable bonds is 9. The highest BCUT2D eigenvalue weighted by Gasteiger charge is 2.19. The number of carbonyl (C=O) groups is 2. The molecule has 1 aromatic heterocycles. The van der Waals surface area contributed by atoms with E-state index in [0.717, 1.165) is 22.5 Å². The fourth-order valence-corrected chi connectivity index (χ4v) is 3.01. The number of carbonyl (C=O) groups excluding carboxylic acids is 1. The standard InChI is InChI=1S/C20H20N4O5/c25-19(7-8-23-13-18(12-22-23)24(28)29)21-11-17(20(26)27)10-14-5-6-15-3-1-2-4-16(15)9-14/h1-6,9,12-13,17H,7-8,10-11H2,(H,21,25)(H,26,27). The van der Waals surface area contributed by atoms with Crippen molar-refractivity contribution in [3.63, 3.8) is 0 Å². The van der Waals surface area contributed by atoms with Crippen LogP contribution in [0.4, 0.5) is 5.69 Å². The normalized spacial score (nSPS) is 11.9. The molecule has 0 spiro atoms. The first-order valence-corrected chi connectivity index (χ1v) is 9.06. The Kier molecular flexibility index (Phi) is 6.18. The number of nitrogens with one attached hydrogen (secondary N) is 1. The van der Waals surface area contributed by atoms with E-state index in [1.165, 1.54) is 10.9 Å². The molecule has 0 fully saturated rings. The largest absolute Gasteiger partial charge is 0.481 e. The molecule has 0 saturated heterocycles. The lowest BCUT2D eigenvalue weighted by molar-refractivity contribution is -0.385. The molecular formula is C20H20N4O5. The molecule has 1 unspecified atom stereocenters. The molecule has 1 atom stereocenters. The van der Waals surface area contributed by atoms with Gasteiger partial charge in [0.2, 0.25) is 5.91 Å². The number of carboxylic acids is 1. The topological polar surface area (TPSA) is 127 Å². The van der Waals surface area contributed by atoms with Crippen LogP contribution in [0.3, 0.4) is 0 Å². The fraction of sp³-hybridized carbons (Fsp3) is 0.250. The zero-order valence-electron chi connectivity index (χ0n) is 15.5. The maximum absolute atomic E-state index is 12.0. The van der Waals surface area contributed by atoms with E-state index in [1.807, 2.05) is 42.5 Å². The number of carboxylic acid groups (broad SMARTS) is 1. The van der Waals surface area contributed by atoms with Crippen LogP contribution in [-0.2, 0) is 22.6 Å². The first-order valence-electron chi connectivity index (χ1n) is 9.06. The van der Waals surface area contributed by atoms with Crippen molar-refractivity contribution in [2.45, 2.75) is 19.4 Å². The van der Waals surface area contributed by atoms with E-state index < -0.39 is 16.8 Å². The number of aryl methyl sites for hydroxylation is 1. The number of aromatic nitrogens is 2. The number of amides is 1. The van der Waals surface area contributed by atoms with Gasteiger partial charge >= 0.3 is 11.7 Å². The van der Waals surface area contributed by atoms with Gasteiger partial charge in [0.15, 0.2) is 0 Å². The Balaban J connectivity index is 1.53. The van der Waals surface area contributed by atoms with Gasteiger partial charge in [0.1, 0.15) is 12.4 Å². The van der Waals surface area contributed by atoms with Gasteiger partial charge in [-0.25, -0.2) is 0 Å². The van der Waals surface area contributed by atoms with Gasteiger partial charge in [0.05, 0.1) is 10.8 Å². The van der Waals surface area contributed by atoms with Crippen LogP contribution >= 0.6 is 0 Å². The van der Waals surface area contributed by atoms with Crippen molar-refractivity contribution in [1.29, 1.82) is 0 Å². The van der Waals surface area contributed by atoms with Gasteiger partial charge in [-0.05, 0) is 22.8 Å². The lowest BCUT2D eigenvalue weighted by atomic mass is 9.97. The monoisotopic (exact) mass is 396 g/mol. The summed E-state index contributed by atoms with van der Waals surface area (Å²) in [5, 5.41) is 28.7. The van der Waals surface area contributed by atoms with Gasteiger partial charge in [-0.2, -0.15) is 5.10 Å². The summed E-state index contributed by atoms with van der Waals surface area (Å²) in [5.74, 6) is -2.08. The number of benzene rings is 2. The molecule has 0 saturated carbocycles. The summed E-state index contributed by atoms with van der Waals surface area (Å²) in [5.41, 5.74) is 0.737. The Morgan fingerprint density at radius 3 is 2.66 bits per heavy atom. The summed E-state index contributed by atoms with van der Waals surface area (Å²) in [7, 11) is 0. The van der Waals surface area contributed by atoms with Gasteiger partial charge in [-0.1, -0.05) is 42.5 Å². The molecular weight excluding hydrogens is 376 g/mol. The van der Waals surface area contributed by atoms with E-state index in [0.29, 0.717) is 6.42 Å². The van der Waals surface area contributed by atoms with Gasteiger partial charge in [0, 0.05) is 19.5 Å². The quantitative estimate of drug-likeness (QED) is 0.422. The molecule has 9 nitrogen and oxygen atoms in total. The van der Waals surface area contributed by atoms with Crippen molar-refractivity contribution in [3.05, 3.63) is 70.5 Å². The Bertz CT molecular complexity index is 1050. The van der Waals surface area contributed by atoms with E-state index in [4.69, 9.17) is 0 Å². The third-order valence-corrected chi connectivity index (χ3v) is 4.59. The lowest BCUT2D eigenvalue weighted by Gasteiger charge is -2.14. The van der Waals surface area contributed by atoms with Crippen LogP contribution in [0.2, 0.25) is 0 Å². The summed E-state index contributed by atoms with van der Waals surface area (Å²) in [4.78, 5) is 33.7. The second-order valence-electron chi connectivity index (χ2n) is 6.69. The van der Waals surface area contributed by atoms with E-state index in [-0.39, 0.29) is 31.1 Å². The molecule has 29 heavy (non-hydrogen) atoms. The second kappa shape index (κ2) is 8.96.